The molecule has 0 radical (unpaired) electrons. The van der Waals surface area contributed by atoms with Crippen LogP contribution in [0.3, 0.4) is 0 Å². The van der Waals surface area contributed by atoms with Crippen LogP contribution in [0.15, 0.2) is 26.5 Å². The van der Waals surface area contributed by atoms with Gasteiger partial charge in [0, 0.05) is 10.4 Å². The highest BCUT2D eigenvalue weighted by atomic mass is 79.9. The van der Waals surface area contributed by atoms with E-state index in [4.69, 9.17) is 11.6 Å². The number of thiophene rings is 1. The van der Waals surface area contributed by atoms with Gasteiger partial charge in [-0.2, -0.15) is 0 Å². The molecule has 18 heavy (non-hydrogen) atoms. The van der Waals surface area contributed by atoms with Crippen molar-refractivity contribution in [2.24, 2.45) is 0 Å². The minimum absolute atomic E-state index is 0.0937. The topological polar surface area (TPSA) is 0 Å². The molecule has 0 spiro atoms. The Kier molecular flexibility index (Phi) is 4.47. The zero-order chi connectivity index (χ0) is 13.4. The third kappa shape index (κ3) is 2.79. The van der Waals surface area contributed by atoms with E-state index in [0.29, 0.717) is 0 Å². The molecule has 0 aliphatic rings. The van der Waals surface area contributed by atoms with E-state index < -0.39 is 17.0 Å². The van der Waals surface area contributed by atoms with Crippen LogP contribution in [0.5, 0.6) is 0 Å². The van der Waals surface area contributed by atoms with Crippen molar-refractivity contribution < 1.29 is 8.78 Å². The summed E-state index contributed by atoms with van der Waals surface area (Å²) in [5.74, 6) is -1.05. The Morgan fingerprint density at radius 1 is 1.17 bits per heavy atom. The molecule has 1 atom stereocenters. The van der Waals surface area contributed by atoms with E-state index >= 15 is 0 Å². The third-order valence-electron chi connectivity index (χ3n) is 2.44. The summed E-state index contributed by atoms with van der Waals surface area (Å²) in [6, 6.07) is 4.08. The largest absolute Gasteiger partial charge is 0.207 e. The number of benzene rings is 1. The molecule has 0 fully saturated rings. The van der Waals surface area contributed by atoms with Crippen molar-refractivity contribution >= 4 is 54.8 Å². The Morgan fingerprint density at radius 2 is 1.83 bits per heavy atom. The molecule has 2 rings (SSSR count). The standard InChI is InChI=1S/C12H7Br2ClF2S/c1-5-2-10(18-12(5)14)11(15)6-3-9(17)7(13)4-8(6)16/h2-4,11H,1H3. The van der Waals surface area contributed by atoms with Gasteiger partial charge < -0.3 is 0 Å². The van der Waals surface area contributed by atoms with Gasteiger partial charge in [-0.1, -0.05) is 0 Å². The highest BCUT2D eigenvalue weighted by Gasteiger charge is 2.20. The molecule has 1 heterocycles. The van der Waals surface area contributed by atoms with E-state index in [9.17, 15) is 8.78 Å². The summed E-state index contributed by atoms with van der Waals surface area (Å²) in [6.07, 6.45) is 0. The lowest BCUT2D eigenvalue weighted by atomic mass is 10.1. The van der Waals surface area contributed by atoms with Gasteiger partial charge in [-0.25, -0.2) is 8.78 Å². The second-order valence-corrected chi connectivity index (χ2v) is 7.45. The Balaban J connectivity index is 2.45. The fourth-order valence-corrected chi connectivity index (χ4v) is 3.74. The van der Waals surface area contributed by atoms with Gasteiger partial charge in [-0.15, -0.1) is 22.9 Å². The van der Waals surface area contributed by atoms with Gasteiger partial charge in [0.2, 0.25) is 0 Å². The minimum atomic E-state index is -0.692. The van der Waals surface area contributed by atoms with Gasteiger partial charge in [-0.05, 0) is 62.5 Å². The van der Waals surface area contributed by atoms with E-state index in [1.54, 1.807) is 0 Å². The van der Waals surface area contributed by atoms with Crippen molar-refractivity contribution in [3.63, 3.8) is 0 Å². The Labute approximate surface area is 129 Å². The summed E-state index contributed by atoms with van der Waals surface area (Å²) < 4.78 is 28.3. The summed E-state index contributed by atoms with van der Waals surface area (Å²) in [6.45, 7) is 1.92. The lowest BCUT2D eigenvalue weighted by Gasteiger charge is -2.10. The Bertz CT molecular complexity index is 579. The summed E-state index contributed by atoms with van der Waals surface area (Å²) in [5.41, 5.74) is 1.17. The fraction of sp³-hybridized carbons (Fsp3) is 0.167. The van der Waals surface area contributed by atoms with Gasteiger partial charge in [0.25, 0.3) is 0 Å². The Morgan fingerprint density at radius 3 is 2.39 bits per heavy atom. The molecule has 0 aliphatic heterocycles. The lowest BCUT2D eigenvalue weighted by molar-refractivity contribution is 0.582. The maximum absolute atomic E-state index is 13.8. The molecule has 0 bridgehead atoms. The zero-order valence-corrected chi connectivity index (χ0v) is 13.9. The van der Waals surface area contributed by atoms with Crippen molar-refractivity contribution in [3.05, 3.63) is 54.1 Å². The monoisotopic (exact) mass is 414 g/mol. The zero-order valence-electron chi connectivity index (χ0n) is 9.11. The first-order valence-electron chi connectivity index (χ1n) is 4.94. The normalized spacial score (nSPS) is 12.8. The van der Waals surface area contributed by atoms with Gasteiger partial charge in [0.05, 0.1) is 13.6 Å². The number of aryl methyl sites for hydroxylation is 1. The quantitative estimate of drug-likeness (QED) is 0.405. The molecule has 0 saturated carbocycles. The molecule has 96 valence electrons. The molecule has 6 heteroatoms. The SMILES string of the molecule is Cc1cc(C(Cl)c2cc(F)c(Br)cc2F)sc1Br. The average Bonchev–Trinajstić information content (AvgIpc) is 2.63. The maximum Gasteiger partial charge on any atom is 0.137 e. The van der Waals surface area contributed by atoms with E-state index in [0.717, 1.165) is 26.4 Å². The van der Waals surface area contributed by atoms with E-state index in [2.05, 4.69) is 31.9 Å². The highest BCUT2D eigenvalue weighted by Crippen LogP contribution is 2.39. The number of rotatable bonds is 2. The van der Waals surface area contributed by atoms with Crippen LogP contribution >= 0.6 is 54.8 Å². The molecule has 0 amide bonds. The number of hydrogen-bond acceptors (Lipinski definition) is 1. The van der Waals surface area contributed by atoms with Crippen LogP contribution in [0, 0.1) is 18.6 Å². The van der Waals surface area contributed by atoms with Crippen molar-refractivity contribution in [2.45, 2.75) is 12.3 Å². The molecule has 1 aromatic carbocycles. The molecule has 2 aromatic rings. The first-order chi connectivity index (χ1) is 8.40. The highest BCUT2D eigenvalue weighted by molar-refractivity contribution is 9.11. The lowest BCUT2D eigenvalue weighted by Crippen LogP contribution is -1.97. The average molecular weight is 417 g/mol. The first-order valence-corrected chi connectivity index (χ1v) is 7.78. The molecule has 0 nitrogen and oxygen atoms in total. The van der Waals surface area contributed by atoms with Gasteiger partial charge in [0.1, 0.15) is 11.6 Å². The summed E-state index contributed by atoms with van der Waals surface area (Å²) >= 11 is 14.0. The molecular formula is C12H7Br2ClF2S. The van der Waals surface area contributed by atoms with Crippen molar-refractivity contribution in [1.82, 2.24) is 0 Å². The van der Waals surface area contributed by atoms with Crippen molar-refractivity contribution in [2.75, 3.05) is 0 Å². The fourth-order valence-electron chi connectivity index (χ4n) is 1.49. The second kappa shape index (κ2) is 5.57. The van der Waals surface area contributed by atoms with Crippen LogP contribution in [-0.4, -0.2) is 0 Å². The molecule has 1 aromatic heterocycles. The van der Waals surface area contributed by atoms with Crippen LogP contribution in [0.1, 0.15) is 21.4 Å². The summed E-state index contributed by atoms with van der Waals surface area (Å²) in [4.78, 5) is 0.779. The predicted octanol–water partition coefficient (Wildman–Crippen LogP) is 6.19. The van der Waals surface area contributed by atoms with Crippen LogP contribution in [0.25, 0.3) is 0 Å². The number of alkyl halides is 1. The second-order valence-electron chi connectivity index (χ2n) is 3.76. The summed E-state index contributed by atoms with van der Waals surface area (Å²) in [7, 11) is 0. The van der Waals surface area contributed by atoms with Gasteiger partial charge in [-0.3, -0.25) is 0 Å². The predicted molar refractivity (Wildman–Crippen MR) is 78.5 cm³/mol. The number of hydrogen-bond donors (Lipinski definition) is 0. The molecule has 0 saturated heterocycles. The third-order valence-corrected chi connectivity index (χ3v) is 5.85. The van der Waals surface area contributed by atoms with E-state index in [-0.39, 0.29) is 10.0 Å². The van der Waals surface area contributed by atoms with E-state index in [1.807, 2.05) is 13.0 Å². The maximum atomic E-state index is 13.8. The van der Waals surface area contributed by atoms with Crippen LogP contribution in [0.2, 0.25) is 0 Å². The minimum Gasteiger partial charge on any atom is -0.207 e. The van der Waals surface area contributed by atoms with Crippen LogP contribution in [0.4, 0.5) is 8.78 Å². The molecule has 0 aliphatic carbocycles. The Hall–Kier alpha value is 0.0300. The summed E-state index contributed by atoms with van der Waals surface area (Å²) in [5, 5.41) is -0.692. The molecule has 0 N–H and O–H groups in total. The molecule has 1 unspecified atom stereocenters. The number of halogens is 5. The van der Waals surface area contributed by atoms with Gasteiger partial charge >= 0.3 is 0 Å². The smallest absolute Gasteiger partial charge is 0.137 e. The van der Waals surface area contributed by atoms with E-state index in [1.165, 1.54) is 11.3 Å². The first kappa shape index (κ1) is 14.4. The van der Waals surface area contributed by atoms with Crippen molar-refractivity contribution in [1.29, 1.82) is 0 Å². The molecular weight excluding hydrogens is 409 g/mol. The van der Waals surface area contributed by atoms with Gasteiger partial charge in [0.15, 0.2) is 0 Å². The van der Waals surface area contributed by atoms with Crippen LogP contribution < -0.4 is 0 Å². The van der Waals surface area contributed by atoms with Crippen LogP contribution in [-0.2, 0) is 0 Å². The van der Waals surface area contributed by atoms with Crippen molar-refractivity contribution in [3.8, 4) is 0 Å².